The minimum absolute atomic E-state index is 0.321. The molecule has 0 aromatic heterocycles. The summed E-state index contributed by atoms with van der Waals surface area (Å²) in [7, 11) is 0. The zero-order valence-corrected chi connectivity index (χ0v) is 14.1. The van der Waals surface area contributed by atoms with Gasteiger partial charge in [-0.3, -0.25) is 0 Å². The summed E-state index contributed by atoms with van der Waals surface area (Å²) in [6, 6.07) is 1.80. The van der Waals surface area contributed by atoms with Crippen molar-refractivity contribution < 1.29 is 9.53 Å². The lowest BCUT2D eigenvalue weighted by atomic mass is 9.98. The second-order valence-corrected chi connectivity index (χ2v) is 7.12. The molecule has 110 valence electrons. The summed E-state index contributed by atoms with van der Waals surface area (Å²) in [5, 5.41) is 0.502. The van der Waals surface area contributed by atoms with Gasteiger partial charge in [-0.15, -0.1) is 0 Å². The van der Waals surface area contributed by atoms with Crippen molar-refractivity contribution in [1.82, 2.24) is 4.90 Å². The van der Waals surface area contributed by atoms with Crippen LogP contribution in [0.3, 0.4) is 0 Å². The van der Waals surface area contributed by atoms with Gasteiger partial charge in [0, 0.05) is 16.6 Å². The minimum atomic E-state index is -0.502. The van der Waals surface area contributed by atoms with Crippen molar-refractivity contribution in [3.8, 4) is 0 Å². The molecule has 0 atom stereocenters. The van der Waals surface area contributed by atoms with Gasteiger partial charge >= 0.3 is 6.09 Å². The molecule has 1 aliphatic rings. The number of ether oxygens (including phenoxy) is 1. The van der Waals surface area contributed by atoms with Crippen LogP contribution in [0.1, 0.15) is 31.9 Å². The number of hydrogen-bond donors (Lipinski definition) is 1. The predicted octanol–water partition coefficient (Wildman–Crippen LogP) is 3.98. The number of hydrogen-bond acceptors (Lipinski definition) is 3. The Morgan fingerprint density at radius 3 is 2.70 bits per heavy atom. The average molecular weight is 362 g/mol. The second kappa shape index (κ2) is 5.45. The van der Waals surface area contributed by atoms with Crippen LogP contribution in [0.5, 0.6) is 0 Å². The zero-order chi connectivity index (χ0) is 15.1. The van der Waals surface area contributed by atoms with E-state index in [-0.39, 0.29) is 6.09 Å². The molecule has 20 heavy (non-hydrogen) atoms. The van der Waals surface area contributed by atoms with Gasteiger partial charge in [0.15, 0.2) is 0 Å². The molecule has 2 rings (SSSR count). The number of amides is 1. The number of carbonyl (C=O) groups is 1. The van der Waals surface area contributed by atoms with Gasteiger partial charge in [0.1, 0.15) is 5.60 Å². The van der Waals surface area contributed by atoms with Crippen molar-refractivity contribution in [1.29, 1.82) is 0 Å². The first-order valence-electron chi connectivity index (χ1n) is 6.42. The number of anilines is 1. The topological polar surface area (TPSA) is 55.6 Å². The molecule has 1 heterocycles. The molecule has 1 amide bonds. The average Bonchev–Trinajstić information content (AvgIpc) is 2.33. The van der Waals surface area contributed by atoms with Gasteiger partial charge in [-0.05, 0) is 38.8 Å². The number of fused-ring (bicyclic) bond motifs is 1. The summed E-state index contributed by atoms with van der Waals surface area (Å²) in [6.45, 7) is 6.59. The molecule has 1 aliphatic heterocycles. The van der Waals surface area contributed by atoms with E-state index in [2.05, 4.69) is 15.9 Å². The van der Waals surface area contributed by atoms with Gasteiger partial charge in [0.05, 0.1) is 17.3 Å². The number of benzene rings is 1. The molecule has 2 N–H and O–H groups in total. The molecular formula is C14H18BrClN2O2. The fraction of sp³-hybridized carbons (Fsp3) is 0.500. The fourth-order valence-corrected chi connectivity index (χ4v) is 3.20. The summed E-state index contributed by atoms with van der Waals surface area (Å²) in [5.41, 5.74) is 8.09. The fourth-order valence-electron chi connectivity index (χ4n) is 2.18. The van der Waals surface area contributed by atoms with Crippen LogP contribution in [0.15, 0.2) is 10.5 Å². The van der Waals surface area contributed by atoms with E-state index in [0.29, 0.717) is 23.8 Å². The summed E-state index contributed by atoms with van der Waals surface area (Å²) in [6.07, 6.45) is 0.412. The van der Waals surface area contributed by atoms with Crippen molar-refractivity contribution in [3.63, 3.8) is 0 Å². The second-order valence-electron chi connectivity index (χ2n) is 5.86. The van der Waals surface area contributed by atoms with Crippen LogP contribution < -0.4 is 5.73 Å². The highest BCUT2D eigenvalue weighted by atomic mass is 79.9. The standard InChI is InChI=1S/C14H18BrClN2O2/c1-14(2,3)20-13(19)18-5-4-8-9(7-18)12(17)11(16)6-10(8)15/h6H,4-5,7,17H2,1-3H3. The summed E-state index contributed by atoms with van der Waals surface area (Å²) in [5.74, 6) is 0. The van der Waals surface area contributed by atoms with Gasteiger partial charge in [0.2, 0.25) is 0 Å². The van der Waals surface area contributed by atoms with Gasteiger partial charge in [-0.2, -0.15) is 0 Å². The molecule has 4 nitrogen and oxygen atoms in total. The smallest absolute Gasteiger partial charge is 0.410 e. The number of halogens is 2. The van der Waals surface area contributed by atoms with Crippen molar-refractivity contribution in [3.05, 3.63) is 26.7 Å². The Morgan fingerprint density at radius 1 is 1.45 bits per heavy atom. The number of carbonyl (C=O) groups excluding carboxylic acids is 1. The van der Waals surface area contributed by atoms with E-state index >= 15 is 0 Å². The zero-order valence-electron chi connectivity index (χ0n) is 11.8. The number of nitrogen functional groups attached to an aromatic ring is 1. The molecule has 0 aliphatic carbocycles. The van der Waals surface area contributed by atoms with E-state index in [1.165, 1.54) is 0 Å². The predicted molar refractivity (Wildman–Crippen MR) is 83.9 cm³/mol. The van der Waals surface area contributed by atoms with E-state index in [1.807, 2.05) is 20.8 Å². The van der Waals surface area contributed by atoms with Crippen molar-refractivity contribution in [2.24, 2.45) is 0 Å². The van der Waals surface area contributed by atoms with Crippen LogP contribution in [0.4, 0.5) is 10.5 Å². The maximum absolute atomic E-state index is 12.1. The van der Waals surface area contributed by atoms with Crippen LogP contribution in [0.2, 0.25) is 5.02 Å². The third-order valence-electron chi connectivity index (χ3n) is 3.12. The molecule has 0 bridgehead atoms. The lowest BCUT2D eigenvalue weighted by molar-refractivity contribution is 0.0224. The van der Waals surface area contributed by atoms with Crippen molar-refractivity contribution in [2.45, 2.75) is 39.3 Å². The Balaban J connectivity index is 2.25. The lowest BCUT2D eigenvalue weighted by Crippen LogP contribution is -2.40. The molecule has 0 unspecified atom stereocenters. The molecule has 0 spiro atoms. The Bertz CT molecular complexity index is 555. The van der Waals surface area contributed by atoms with Gasteiger partial charge in [-0.25, -0.2) is 4.79 Å². The number of rotatable bonds is 0. The van der Waals surface area contributed by atoms with E-state index in [1.54, 1.807) is 11.0 Å². The maximum atomic E-state index is 12.1. The van der Waals surface area contributed by atoms with Gasteiger partial charge in [-0.1, -0.05) is 27.5 Å². The van der Waals surface area contributed by atoms with Crippen LogP contribution >= 0.6 is 27.5 Å². The lowest BCUT2D eigenvalue weighted by Gasteiger charge is -2.32. The highest BCUT2D eigenvalue weighted by Crippen LogP contribution is 2.36. The highest BCUT2D eigenvalue weighted by molar-refractivity contribution is 9.10. The number of nitrogens with zero attached hydrogens (tertiary/aromatic N) is 1. The summed E-state index contributed by atoms with van der Waals surface area (Å²) in [4.78, 5) is 13.8. The van der Waals surface area contributed by atoms with E-state index in [9.17, 15) is 4.79 Å². The minimum Gasteiger partial charge on any atom is -0.444 e. The first-order chi connectivity index (χ1) is 9.19. The van der Waals surface area contributed by atoms with Gasteiger partial charge < -0.3 is 15.4 Å². The van der Waals surface area contributed by atoms with Crippen LogP contribution in [-0.4, -0.2) is 23.1 Å². The third kappa shape index (κ3) is 3.20. The van der Waals surface area contributed by atoms with Crippen molar-refractivity contribution in [2.75, 3.05) is 12.3 Å². The molecule has 0 saturated carbocycles. The summed E-state index contributed by atoms with van der Waals surface area (Å²) < 4.78 is 6.33. The normalized spacial score (nSPS) is 14.9. The Kier molecular flexibility index (Phi) is 4.21. The van der Waals surface area contributed by atoms with E-state index in [4.69, 9.17) is 22.1 Å². The van der Waals surface area contributed by atoms with Crippen molar-refractivity contribution >= 4 is 39.3 Å². The third-order valence-corrected chi connectivity index (χ3v) is 4.14. The highest BCUT2D eigenvalue weighted by Gasteiger charge is 2.28. The van der Waals surface area contributed by atoms with Crippen LogP contribution in [-0.2, 0) is 17.7 Å². The monoisotopic (exact) mass is 360 g/mol. The number of nitrogens with two attached hydrogens (primary N) is 1. The van der Waals surface area contributed by atoms with Crippen LogP contribution in [0.25, 0.3) is 0 Å². The quantitative estimate of drug-likeness (QED) is 0.711. The largest absolute Gasteiger partial charge is 0.444 e. The molecular weight excluding hydrogens is 344 g/mol. The maximum Gasteiger partial charge on any atom is 0.410 e. The van der Waals surface area contributed by atoms with E-state index in [0.717, 1.165) is 22.0 Å². The van der Waals surface area contributed by atoms with Crippen LogP contribution in [0, 0.1) is 0 Å². The summed E-state index contributed by atoms with van der Waals surface area (Å²) >= 11 is 9.59. The molecule has 1 aromatic carbocycles. The molecule has 0 radical (unpaired) electrons. The van der Waals surface area contributed by atoms with Gasteiger partial charge in [0.25, 0.3) is 0 Å². The SMILES string of the molecule is CC(C)(C)OC(=O)N1CCc2c(Br)cc(Cl)c(N)c2C1. The molecule has 1 aromatic rings. The Morgan fingerprint density at radius 2 is 2.10 bits per heavy atom. The molecule has 0 saturated heterocycles. The Labute approximate surface area is 132 Å². The first-order valence-corrected chi connectivity index (χ1v) is 7.59. The van der Waals surface area contributed by atoms with E-state index < -0.39 is 5.60 Å². The first kappa shape index (κ1) is 15.4. The molecule has 6 heteroatoms. The molecule has 0 fully saturated rings. The Hall–Kier alpha value is -0.940.